The first-order valence-electron chi connectivity index (χ1n) is 9.77. The summed E-state index contributed by atoms with van der Waals surface area (Å²) < 4.78 is 45.3. The van der Waals surface area contributed by atoms with Gasteiger partial charge in [0.15, 0.2) is 0 Å². The normalized spacial score (nSPS) is 11.7. The van der Waals surface area contributed by atoms with E-state index in [1.54, 1.807) is 24.3 Å². The second-order valence-corrected chi connectivity index (χ2v) is 8.61. The average molecular weight is 426 g/mol. The molecule has 0 fully saturated rings. The Balaban J connectivity index is 1.64. The molecule has 4 rings (SSSR count). The van der Waals surface area contributed by atoms with Crippen molar-refractivity contribution in [3.63, 3.8) is 0 Å². The predicted octanol–water partition coefficient (Wildman–Crippen LogP) is 5.57. The SMILES string of the molecule is CCCCOc1ccc(S(=O)(=O)Nc2cc3oc4ccccc4c3cc2OC)cc1. The number of hydrogen-bond acceptors (Lipinski definition) is 5. The van der Waals surface area contributed by atoms with Crippen molar-refractivity contribution >= 4 is 37.6 Å². The van der Waals surface area contributed by atoms with Gasteiger partial charge >= 0.3 is 0 Å². The maximum atomic E-state index is 12.9. The number of anilines is 1. The lowest BCUT2D eigenvalue weighted by Crippen LogP contribution is -2.13. The molecule has 1 N–H and O–H groups in total. The zero-order valence-corrected chi connectivity index (χ0v) is 17.7. The highest BCUT2D eigenvalue weighted by Gasteiger charge is 2.19. The Morgan fingerprint density at radius 3 is 2.47 bits per heavy atom. The fourth-order valence-electron chi connectivity index (χ4n) is 3.25. The fraction of sp³-hybridized carbons (Fsp3) is 0.217. The molecule has 156 valence electrons. The third kappa shape index (κ3) is 3.93. The van der Waals surface area contributed by atoms with Crippen molar-refractivity contribution in [2.45, 2.75) is 24.7 Å². The number of nitrogens with one attached hydrogen (secondary N) is 1. The molecule has 0 saturated heterocycles. The number of rotatable bonds is 8. The van der Waals surface area contributed by atoms with E-state index in [4.69, 9.17) is 13.9 Å². The minimum Gasteiger partial charge on any atom is -0.495 e. The quantitative estimate of drug-likeness (QED) is 0.373. The van der Waals surface area contributed by atoms with Crippen LogP contribution in [0.4, 0.5) is 5.69 Å². The first kappa shape index (κ1) is 20.1. The molecule has 30 heavy (non-hydrogen) atoms. The summed E-state index contributed by atoms with van der Waals surface area (Å²) in [5.41, 5.74) is 1.62. The minimum absolute atomic E-state index is 0.136. The monoisotopic (exact) mass is 425 g/mol. The van der Waals surface area contributed by atoms with Gasteiger partial charge in [0.1, 0.15) is 22.7 Å². The highest BCUT2D eigenvalue weighted by Crippen LogP contribution is 2.37. The zero-order valence-electron chi connectivity index (χ0n) is 16.8. The Hall–Kier alpha value is -3.19. The van der Waals surface area contributed by atoms with Gasteiger partial charge in [-0.25, -0.2) is 8.42 Å². The van der Waals surface area contributed by atoms with Crippen LogP contribution < -0.4 is 14.2 Å². The molecule has 0 spiro atoms. The molecule has 0 bridgehead atoms. The van der Waals surface area contributed by atoms with Crippen LogP contribution in [0.15, 0.2) is 70.0 Å². The van der Waals surface area contributed by atoms with Crippen LogP contribution in [-0.4, -0.2) is 22.1 Å². The largest absolute Gasteiger partial charge is 0.495 e. The first-order chi connectivity index (χ1) is 14.5. The number of methoxy groups -OCH3 is 1. The van der Waals surface area contributed by atoms with Crippen LogP contribution in [0.2, 0.25) is 0 Å². The Bertz CT molecular complexity index is 1280. The number of fused-ring (bicyclic) bond motifs is 3. The number of unbranched alkanes of at least 4 members (excludes halogenated alkanes) is 1. The predicted molar refractivity (Wildman–Crippen MR) is 118 cm³/mol. The summed E-state index contributed by atoms with van der Waals surface area (Å²) in [6, 6.07) is 17.4. The molecule has 0 aliphatic carbocycles. The van der Waals surface area contributed by atoms with E-state index in [0.29, 0.717) is 29.4 Å². The van der Waals surface area contributed by atoms with E-state index in [1.807, 2.05) is 24.3 Å². The molecule has 4 aromatic rings. The molecule has 0 atom stereocenters. The number of para-hydroxylation sites is 1. The standard InChI is InChI=1S/C23H23NO5S/c1-3-4-13-28-16-9-11-17(12-10-16)30(25,26)24-20-15-22-19(14-23(20)27-2)18-7-5-6-8-21(18)29-22/h5-12,14-15,24H,3-4,13H2,1-2H3. The van der Waals surface area contributed by atoms with Crippen molar-refractivity contribution in [1.29, 1.82) is 0 Å². The van der Waals surface area contributed by atoms with E-state index in [-0.39, 0.29) is 4.90 Å². The van der Waals surface area contributed by atoms with Crippen molar-refractivity contribution in [1.82, 2.24) is 0 Å². The third-order valence-electron chi connectivity index (χ3n) is 4.84. The summed E-state index contributed by atoms with van der Waals surface area (Å²) in [6.07, 6.45) is 1.99. The molecule has 0 amide bonds. The third-order valence-corrected chi connectivity index (χ3v) is 6.23. The molecule has 0 aliphatic heterocycles. The van der Waals surface area contributed by atoms with Gasteiger partial charge in [-0.1, -0.05) is 31.5 Å². The van der Waals surface area contributed by atoms with Gasteiger partial charge in [0.25, 0.3) is 10.0 Å². The minimum atomic E-state index is -3.81. The lowest BCUT2D eigenvalue weighted by molar-refractivity contribution is 0.309. The summed E-state index contributed by atoms with van der Waals surface area (Å²) >= 11 is 0. The van der Waals surface area contributed by atoms with Gasteiger partial charge in [0.05, 0.1) is 24.3 Å². The number of hydrogen-bond donors (Lipinski definition) is 1. The van der Waals surface area contributed by atoms with Crippen molar-refractivity contribution in [3.8, 4) is 11.5 Å². The van der Waals surface area contributed by atoms with Gasteiger partial charge in [-0.2, -0.15) is 0 Å². The van der Waals surface area contributed by atoms with E-state index in [1.165, 1.54) is 19.2 Å². The van der Waals surface area contributed by atoms with Crippen LogP contribution in [0.1, 0.15) is 19.8 Å². The topological polar surface area (TPSA) is 77.8 Å². The Morgan fingerprint density at radius 2 is 1.73 bits per heavy atom. The molecule has 6 nitrogen and oxygen atoms in total. The number of furan rings is 1. The summed E-state index contributed by atoms with van der Waals surface area (Å²) in [4.78, 5) is 0.136. The Morgan fingerprint density at radius 1 is 0.967 bits per heavy atom. The van der Waals surface area contributed by atoms with Crippen LogP contribution in [0.25, 0.3) is 21.9 Å². The molecular formula is C23H23NO5S. The van der Waals surface area contributed by atoms with Gasteiger partial charge in [-0.05, 0) is 42.8 Å². The van der Waals surface area contributed by atoms with Crippen molar-refractivity contribution in [3.05, 3.63) is 60.7 Å². The molecule has 3 aromatic carbocycles. The number of sulfonamides is 1. The van der Waals surface area contributed by atoms with Crippen LogP contribution in [0.3, 0.4) is 0 Å². The average Bonchev–Trinajstić information content (AvgIpc) is 3.11. The van der Waals surface area contributed by atoms with Crippen LogP contribution in [0.5, 0.6) is 11.5 Å². The summed E-state index contributed by atoms with van der Waals surface area (Å²) in [6.45, 7) is 2.69. The number of benzene rings is 3. The van der Waals surface area contributed by atoms with E-state index >= 15 is 0 Å². The van der Waals surface area contributed by atoms with Crippen molar-refractivity contribution < 1.29 is 22.3 Å². The first-order valence-corrected chi connectivity index (χ1v) is 11.2. The summed E-state index contributed by atoms with van der Waals surface area (Å²) in [5.74, 6) is 1.06. The second-order valence-electron chi connectivity index (χ2n) is 6.93. The molecular weight excluding hydrogens is 402 g/mol. The highest BCUT2D eigenvalue weighted by molar-refractivity contribution is 7.92. The Kier molecular flexibility index (Phi) is 5.55. The lowest BCUT2D eigenvalue weighted by Gasteiger charge is -2.12. The maximum Gasteiger partial charge on any atom is 0.262 e. The van der Waals surface area contributed by atoms with Gasteiger partial charge < -0.3 is 13.9 Å². The molecule has 1 aromatic heterocycles. The van der Waals surface area contributed by atoms with Gasteiger partial charge in [-0.3, -0.25) is 4.72 Å². The zero-order chi connectivity index (χ0) is 21.1. The molecule has 0 aliphatic rings. The Labute approximate surface area is 175 Å². The molecule has 7 heteroatoms. The van der Waals surface area contributed by atoms with Crippen LogP contribution >= 0.6 is 0 Å². The second kappa shape index (κ2) is 8.28. The van der Waals surface area contributed by atoms with E-state index in [9.17, 15) is 8.42 Å². The van der Waals surface area contributed by atoms with Gasteiger partial charge in [0, 0.05) is 16.8 Å². The van der Waals surface area contributed by atoms with Crippen molar-refractivity contribution in [2.75, 3.05) is 18.4 Å². The molecule has 0 saturated carbocycles. The molecule has 0 unspecified atom stereocenters. The lowest BCUT2D eigenvalue weighted by atomic mass is 10.1. The van der Waals surface area contributed by atoms with Crippen molar-refractivity contribution in [2.24, 2.45) is 0 Å². The van der Waals surface area contributed by atoms with E-state index < -0.39 is 10.0 Å². The maximum absolute atomic E-state index is 12.9. The fourth-order valence-corrected chi connectivity index (χ4v) is 4.31. The molecule has 1 heterocycles. The number of ether oxygens (including phenoxy) is 2. The molecule has 0 radical (unpaired) electrons. The van der Waals surface area contributed by atoms with E-state index in [2.05, 4.69) is 11.6 Å². The summed E-state index contributed by atoms with van der Waals surface area (Å²) in [7, 11) is -2.31. The van der Waals surface area contributed by atoms with Gasteiger partial charge in [-0.15, -0.1) is 0 Å². The van der Waals surface area contributed by atoms with E-state index in [0.717, 1.165) is 29.2 Å². The highest BCUT2D eigenvalue weighted by atomic mass is 32.2. The van der Waals surface area contributed by atoms with Crippen LogP contribution in [-0.2, 0) is 10.0 Å². The summed E-state index contributed by atoms with van der Waals surface area (Å²) in [5, 5.41) is 1.80. The van der Waals surface area contributed by atoms with Crippen LogP contribution in [0, 0.1) is 0 Å². The smallest absolute Gasteiger partial charge is 0.262 e. The van der Waals surface area contributed by atoms with Gasteiger partial charge in [0.2, 0.25) is 0 Å².